The van der Waals surface area contributed by atoms with E-state index < -0.39 is 5.54 Å². The van der Waals surface area contributed by atoms with Crippen LogP contribution in [-0.4, -0.2) is 36.7 Å². The van der Waals surface area contributed by atoms with E-state index >= 15 is 0 Å². The summed E-state index contributed by atoms with van der Waals surface area (Å²) in [6.45, 7) is 1.50. The second-order valence-electron chi connectivity index (χ2n) is 2.93. The van der Waals surface area contributed by atoms with Crippen LogP contribution >= 0.6 is 12.6 Å². The summed E-state index contributed by atoms with van der Waals surface area (Å²) in [5, 5.41) is 4.78. The highest BCUT2D eigenvalue weighted by atomic mass is 32.1. The molecule has 5 nitrogen and oxygen atoms in total. The molecule has 0 fully saturated rings. The van der Waals surface area contributed by atoms with E-state index in [0.29, 0.717) is 0 Å². The fraction of sp³-hybridized carbons (Fsp3) is 0.714. The Kier molecular flexibility index (Phi) is 4.79. The molecule has 13 heavy (non-hydrogen) atoms. The van der Waals surface area contributed by atoms with Gasteiger partial charge in [0.1, 0.15) is 5.54 Å². The quantitative estimate of drug-likeness (QED) is 0.421. The maximum Gasteiger partial charge on any atom is 0.241 e. The lowest BCUT2D eigenvalue weighted by atomic mass is 10.1. The molecular weight excluding hydrogens is 190 g/mol. The van der Waals surface area contributed by atoms with E-state index in [4.69, 9.17) is 5.73 Å². The Morgan fingerprint density at radius 1 is 1.54 bits per heavy atom. The molecule has 1 atom stereocenters. The Bertz CT molecular complexity index is 206. The summed E-state index contributed by atoms with van der Waals surface area (Å²) in [6, 6.07) is 0. The van der Waals surface area contributed by atoms with Crippen LogP contribution in [0.25, 0.3) is 0 Å². The van der Waals surface area contributed by atoms with Crippen molar-refractivity contribution in [1.29, 1.82) is 0 Å². The van der Waals surface area contributed by atoms with Crippen LogP contribution in [0.2, 0.25) is 0 Å². The molecule has 0 bridgehead atoms. The Balaban J connectivity index is 3.95. The summed E-state index contributed by atoms with van der Waals surface area (Å²) >= 11 is 3.92. The monoisotopic (exact) mass is 205 g/mol. The van der Waals surface area contributed by atoms with E-state index in [9.17, 15) is 9.59 Å². The first kappa shape index (κ1) is 12.2. The van der Waals surface area contributed by atoms with E-state index in [1.54, 1.807) is 6.92 Å². The second-order valence-corrected chi connectivity index (χ2v) is 3.25. The number of nitrogens with two attached hydrogens (primary N) is 1. The van der Waals surface area contributed by atoms with Gasteiger partial charge in [-0.15, -0.1) is 0 Å². The summed E-state index contributed by atoms with van der Waals surface area (Å²) in [7, 11) is 1.49. The zero-order chi connectivity index (χ0) is 10.5. The van der Waals surface area contributed by atoms with E-state index in [1.807, 2.05) is 0 Å². The maximum atomic E-state index is 11.3. The number of rotatable bonds is 4. The standard InChI is InChI=1S/C7H15N3O2S/c1-7(8,4-13)6(12)10-3-5(11)9-2/h13H,3-4,8H2,1-2H3,(H,9,11)(H,10,12). The highest BCUT2D eigenvalue weighted by Crippen LogP contribution is 2.00. The topological polar surface area (TPSA) is 84.2 Å². The first-order valence-electron chi connectivity index (χ1n) is 3.82. The normalized spacial score (nSPS) is 14.5. The second kappa shape index (κ2) is 5.08. The number of hydrogen-bond acceptors (Lipinski definition) is 4. The van der Waals surface area contributed by atoms with Gasteiger partial charge >= 0.3 is 0 Å². The van der Waals surface area contributed by atoms with Crippen molar-refractivity contribution in [3.63, 3.8) is 0 Å². The molecule has 2 amide bonds. The molecule has 0 aromatic rings. The summed E-state index contributed by atoms with van der Waals surface area (Å²) in [6.07, 6.45) is 0. The molecule has 0 aromatic heterocycles. The molecular formula is C7H15N3O2S. The van der Waals surface area contributed by atoms with Gasteiger partial charge in [-0.05, 0) is 6.92 Å². The van der Waals surface area contributed by atoms with Gasteiger partial charge in [-0.1, -0.05) is 0 Å². The minimum absolute atomic E-state index is 0.0596. The molecule has 1 unspecified atom stereocenters. The molecule has 0 rings (SSSR count). The number of amides is 2. The van der Waals surface area contributed by atoms with Gasteiger partial charge in [-0.3, -0.25) is 9.59 Å². The fourth-order valence-electron chi connectivity index (χ4n) is 0.523. The van der Waals surface area contributed by atoms with E-state index in [-0.39, 0.29) is 24.1 Å². The third kappa shape index (κ3) is 4.14. The molecule has 0 aromatic carbocycles. The Labute approximate surface area is 82.8 Å². The molecule has 0 aliphatic heterocycles. The van der Waals surface area contributed by atoms with Gasteiger partial charge in [-0.25, -0.2) is 0 Å². The average Bonchev–Trinajstić information content (AvgIpc) is 2.13. The van der Waals surface area contributed by atoms with Gasteiger partial charge < -0.3 is 16.4 Å². The molecule has 0 aliphatic rings. The smallest absolute Gasteiger partial charge is 0.241 e. The van der Waals surface area contributed by atoms with Gasteiger partial charge in [0.05, 0.1) is 6.54 Å². The number of carbonyl (C=O) groups excluding carboxylic acids is 2. The molecule has 4 N–H and O–H groups in total. The third-order valence-electron chi connectivity index (χ3n) is 1.54. The zero-order valence-corrected chi connectivity index (χ0v) is 8.65. The Hall–Kier alpha value is -0.750. The van der Waals surface area contributed by atoms with Crippen molar-refractivity contribution in [2.45, 2.75) is 12.5 Å². The van der Waals surface area contributed by atoms with Gasteiger partial charge in [-0.2, -0.15) is 12.6 Å². The van der Waals surface area contributed by atoms with Crippen molar-refractivity contribution in [3.05, 3.63) is 0 Å². The maximum absolute atomic E-state index is 11.3. The van der Waals surface area contributed by atoms with Gasteiger partial charge in [0.2, 0.25) is 11.8 Å². The SMILES string of the molecule is CNC(=O)CNC(=O)C(C)(N)CS. The van der Waals surface area contributed by atoms with Gasteiger partial charge in [0.25, 0.3) is 0 Å². The molecule has 0 radical (unpaired) electrons. The molecule has 0 spiro atoms. The highest BCUT2D eigenvalue weighted by molar-refractivity contribution is 7.80. The Morgan fingerprint density at radius 2 is 2.08 bits per heavy atom. The average molecular weight is 205 g/mol. The van der Waals surface area contributed by atoms with E-state index in [0.717, 1.165) is 0 Å². The minimum atomic E-state index is -1.03. The fourth-order valence-corrected chi connectivity index (χ4v) is 0.666. The highest BCUT2D eigenvalue weighted by Gasteiger charge is 2.26. The van der Waals surface area contributed by atoms with Crippen LogP contribution in [0.3, 0.4) is 0 Å². The first-order chi connectivity index (χ1) is 5.94. The number of carbonyl (C=O) groups is 2. The summed E-state index contributed by atoms with van der Waals surface area (Å²) < 4.78 is 0. The Morgan fingerprint density at radius 3 is 2.46 bits per heavy atom. The van der Waals surface area contributed by atoms with Crippen molar-refractivity contribution in [3.8, 4) is 0 Å². The van der Waals surface area contributed by atoms with Gasteiger partial charge in [0, 0.05) is 12.8 Å². The number of nitrogens with one attached hydrogen (secondary N) is 2. The molecule has 0 aliphatic carbocycles. The molecule has 0 saturated heterocycles. The molecule has 0 heterocycles. The lowest BCUT2D eigenvalue weighted by molar-refractivity contribution is -0.128. The third-order valence-corrected chi connectivity index (χ3v) is 2.19. The number of hydrogen-bond donors (Lipinski definition) is 4. The largest absolute Gasteiger partial charge is 0.358 e. The van der Waals surface area contributed by atoms with Crippen LogP contribution < -0.4 is 16.4 Å². The van der Waals surface area contributed by atoms with Crippen LogP contribution in [0.5, 0.6) is 0 Å². The van der Waals surface area contributed by atoms with Crippen LogP contribution in [-0.2, 0) is 9.59 Å². The van der Waals surface area contributed by atoms with Crippen molar-refractivity contribution in [2.75, 3.05) is 19.3 Å². The van der Waals surface area contributed by atoms with E-state index in [2.05, 4.69) is 23.3 Å². The number of thiol groups is 1. The van der Waals surface area contributed by atoms with Crippen molar-refractivity contribution in [1.82, 2.24) is 10.6 Å². The molecule has 0 saturated carbocycles. The summed E-state index contributed by atoms with van der Waals surface area (Å²) in [5.41, 5.74) is 4.54. The predicted molar refractivity (Wildman–Crippen MR) is 53.5 cm³/mol. The van der Waals surface area contributed by atoms with Crippen molar-refractivity contribution >= 4 is 24.4 Å². The van der Waals surface area contributed by atoms with Crippen LogP contribution in [0.4, 0.5) is 0 Å². The van der Waals surface area contributed by atoms with Gasteiger partial charge in [0.15, 0.2) is 0 Å². The predicted octanol–water partition coefficient (Wildman–Crippen LogP) is -1.50. The lowest BCUT2D eigenvalue weighted by Gasteiger charge is -2.20. The van der Waals surface area contributed by atoms with Crippen LogP contribution in [0.1, 0.15) is 6.92 Å². The molecule has 6 heteroatoms. The minimum Gasteiger partial charge on any atom is -0.358 e. The van der Waals surface area contributed by atoms with Crippen molar-refractivity contribution in [2.24, 2.45) is 5.73 Å². The lowest BCUT2D eigenvalue weighted by Crippen LogP contribution is -2.54. The first-order valence-corrected chi connectivity index (χ1v) is 4.46. The van der Waals surface area contributed by atoms with Crippen LogP contribution in [0, 0.1) is 0 Å². The zero-order valence-electron chi connectivity index (χ0n) is 7.76. The van der Waals surface area contributed by atoms with E-state index in [1.165, 1.54) is 7.05 Å². The molecule has 76 valence electrons. The van der Waals surface area contributed by atoms with Crippen LogP contribution in [0.15, 0.2) is 0 Å². The summed E-state index contributed by atoms with van der Waals surface area (Å²) in [4.78, 5) is 22.0. The van der Waals surface area contributed by atoms with Crippen molar-refractivity contribution < 1.29 is 9.59 Å². The summed E-state index contributed by atoms with van der Waals surface area (Å²) in [5.74, 6) is -0.415. The number of likely N-dealkylation sites (N-methyl/N-ethyl adjacent to an activating group) is 1.